The second-order valence-electron chi connectivity index (χ2n) is 12.0. The lowest BCUT2D eigenvalue weighted by molar-refractivity contribution is 0.107. The van der Waals surface area contributed by atoms with Gasteiger partial charge in [0.05, 0.1) is 17.1 Å². The van der Waals surface area contributed by atoms with Crippen molar-refractivity contribution in [3.63, 3.8) is 0 Å². The zero-order valence-electron chi connectivity index (χ0n) is 23.7. The van der Waals surface area contributed by atoms with E-state index in [1.807, 2.05) is 17.2 Å². The van der Waals surface area contributed by atoms with Crippen LogP contribution in [0.15, 0.2) is 36.5 Å². The van der Waals surface area contributed by atoms with Gasteiger partial charge in [0, 0.05) is 30.1 Å². The normalized spacial score (nSPS) is 24.2. The fourth-order valence-electron chi connectivity index (χ4n) is 7.36. The number of fused-ring (bicyclic) bond motifs is 4. The molecule has 44 heavy (non-hydrogen) atoms. The number of allylic oxidation sites excluding steroid dienone is 1. The highest BCUT2D eigenvalue weighted by Gasteiger charge is 2.49. The van der Waals surface area contributed by atoms with Gasteiger partial charge in [-0.15, -0.1) is 6.42 Å². The molecular formula is C33H28F3N5O3. The van der Waals surface area contributed by atoms with E-state index in [4.69, 9.17) is 20.9 Å². The van der Waals surface area contributed by atoms with Crippen molar-refractivity contribution in [3.05, 3.63) is 53.7 Å². The van der Waals surface area contributed by atoms with Crippen LogP contribution < -0.4 is 14.4 Å². The van der Waals surface area contributed by atoms with Gasteiger partial charge in [-0.3, -0.25) is 4.90 Å². The first kappa shape index (κ1) is 27.0. The minimum Gasteiger partial charge on any atom is -0.508 e. The molecule has 1 N–H and O–H groups in total. The number of aromatic nitrogens is 3. The van der Waals surface area contributed by atoms with Gasteiger partial charge in [-0.25, -0.2) is 18.2 Å². The number of ether oxygens (including phenoxy) is 2. The topological polar surface area (TPSA) is 83.8 Å². The quantitative estimate of drug-likeness (QED) is 0.302. The number of hydrogen-bond acceptors (Lipinski definition) is 8. The smallest absolute Gasteiger partial charge is 0.319 e. The Kier molecular flexibility index (Phi) is 6.14. The van der Waals surface area contributed by atoms with E-state index in [1.54, 1.807) is 0 Å². The summed E-state index contributed by atoms with van der Waals surface area (Å²) in [5.41, 5.74) is -0.750. The van der Waals surface area contributed by atoms with Gasteiger partial charge >= 0.3 is 6.01 Å². The van der Waals surface area contributed by atoms with Crippen LogP contribution in [0, 0.1) is 24.0 Å². The van der Waals surface area contributed by atoms with E-state index in [0.29, 0.717) is 24.2 Å². The fraction of sp³-hybridized carbons (Fsp3) is 0.364. The van der Waals surface area contributed by atoms with Gasteiger partial charge < -0.3 is 19.5 Å². The monoisotopic (exact) mass is 599 g/mol. The Labute approximate surface area is 251 Å². The molecular weight excluding hydrogens is 571 g/mol. The van der Waals surface area contributed by atoms with Crippen molar-refractivity contribution in [2.24, 2.45) is 0 Å². The number of phenols is 1. The van der Waals surface area contributed by atoms with Gasteiger partial charge in [0.2, 0.25) is 5.88 Å². The van der Waals surface area contributed by atoms with E-state index in [-0.39, 0.29) is 70.0 Å². The largest absolute Gasteiger partial charge is 0.508 e. The van der Waals surface area contributed by atoms with Crippen LogP contribution in [0.25, 0.3) is 32.9 Å². The Bertz CT molecular complexity index is 1930. The molecule has 0 aliphatic carbocycles. The molecule has 8 rings (SSSR count). The molecule has 2 fully saturated rings. The highest BCUT2D eigenvalue weighted by Crippen LogP contribution is 2.45. The third-order valence-electron chi connectivity index (χ3n) is 9.38. The number of aromatic hydroxyl groups is 1. The Balaban J connectivity index is 1.34. The molecule has 2 saturated heterocycles. The van der Waals surface area contributed by atoms with Gasteiger partial charge in [0.1, 0.15) is 47.5 Å². The van der Waals surface area contributed by atoms with Gasteiger partial charge in [-0.2, -0.15) is 9.97 Å². The van der Waals surface area contributed by atoms with Crippen molar-refractivity contribution in [1.82, 2.24) is 19.9 Å². The zero-order chi connectivity index (χ0) is 30.2. The number of anilines is 1. The average molecular weight is 600 g/mol. The SMILES string of the molecule is C#Cc1c(F)ccc2cc(O)cc(-c3nc4c5c(nc(OC[C@@]67CCCN6C[C@H](F)C7)nc5c3F)N3C=CCC[C@H]3CO4)c12. The minimum atomic E-state index is -0.930. The lowest BCUT2D eigenvalue weighted by Crippen LogP contribution is -2.43. The number of halogens is 3. The number of hydrogen-bond donors (Lipinski definition) is 1. The molecule has 0 amide bonds. The number of phenolic OH excluding ortho intramolecular Hbond substituents is 1. The molecule has 0 bridgehead atoms. The highest BCUT2D eigenvalue weighted by atomic mass is 19.1. The second kappa shape index (κ2) is 9.99. The number of nitrogens with zero attached hydrogens (tertiary/aromatic N) is 5. The minimum absolute atomic E-state index is 0.0474. The zero-order valence-corrected chi connectivity index (χ0v) is 23.7. The van der Waals surface area contributed by atoms with Crippen LogP contribution >= 0.6 is 0 Å². The summed E-state index contributed by atoms with van der Waals surface area (Å²) in [6.07, 6.45) is 12.4. The van der Waals surface area contributed by atoms with Crippen LogP contribution in [0.3, 0.4) is 0 Å². The van der Waals surface area contributed by atoms with Crippen molar-refractivity contribution in [1.29, 1.82) is 0 Å². The van der Waals surface area contributed by atoms with Crippen molar-refractivity contribution >= 4 is 27.5 Å². The summed E-state index contributed by atoms with van der Waals surface area (Å²) in [7, 11) is 0. The fourth-order valence-corrected chi connectivity index (χ4v) is 7.36. The molecule has 3 atom stereocenters. The summed E-state index contributed by atoms with van der Waals surface area (Å²) in [6, 6.07) is 5.25. The maximum Gasteiger partial charge on any atom is 0.319 e. The molecule has 224 valence electrons. The molecule has 0 spiro atoms. The van der Waals surface area contributed by atoms with E-state index in [2.05, 4.69) is 20.8 Å². The van der Waals surface area contributed by atoms with E-state index in [9.17, 15) is 13.9 Å². The first-order chi connectivity index (χ1) is 21.3. The third kappa shape index (κ3) is 4.08. The number of alkyl halides is 1. The second-order valence-corrected chi connectivity index (χ2v) is 12.0. The van der Waals surface area contributed by atoms with Crippen LogP contribution in [0.5, 0.6) is 17.6 Å². The van der Waals surface area contributed by atoms with E-state index < -0.39 is 23.3 Å². The maximum absolute atomic E-state index is 16.8. The summed E-state index contributed by atoms with van der Waals surface area (Å²) < 4.78 is 58.5. The molecule has 8 nitrogen and oxygen atoms in total. The summed E-state index contributed by atoms with van der Waals surface area (Å²) >= 11 is 0. The molecule has 0 saturated carbocycles. The van der Waals surface area contributed by atoms with Crippen LogP contribution in [-0.4, -0.2) is 69.0 Å². The maximum atomic E-state index is 16.8. The first-order valence-electron chi connectivity index (χ1n) is 14.8. The third-order valence-corrected chi connectivity index (χ3v) is 9.38. The molecule has 11 heteroatoms. The Morgan fingerprint density at radius 3 is 2.93 bits per heavy atom. The lowest BCUT2D eigenvalue weighted by Gasteiger charge is -2.32. The highest BCUT2D eigenvalue weighted by molar-refractivity contribution is 6.04. The summed E-state index contributed by atoms with van der Waals surface area (Å²) in [4.78, 5) is 17.9. The predicted molar refractivity (Wildman–Crippen MR) is 158 cm³/mol. The van der Waals surface area contributed by atoms with E-state index in [1.165, 1.54) is 24.3 Å². The van der Waals surface area contributed by atoms with Gasteiger partial charge in [0.25, 0.3) is 0 Å². The van der Waals surface area contributed by atoms with Gasteiger partial charge in [-0.1, -0.05) is 18.1 Å². The van der Waals surface area contributed by atoms with Crippen LogP contribution in [0.1, 0.15) is 37.7 Å². The molecule has 0 unspecified atom stereocenters. The molecule has 6 heterocycles. The number of rotatable bonds is 4. The molecule has 2 aromatic heterocycles. The van der Waals surface area contributed by atoms with Crippen molar-refractivity contribution in [2.45, 2.75) is 49.9 Å². The lowest BCUT2D eigenvalue weighted by atomic mass is 9.95. The van der Waals surface area contributed by atoms with Crippen molar-refractivity contribution in [2.75, 3.05) is 31.2 Å². The van der Waals surface area contributed by atoms with E-state index >= 15 is 4.39 Å². The molecule has 4 aliphatic heterocycles. The van der Waals surface area contributed by atoms with Crippen LogP contribution in [-0.2, 0) is 0 Å². The first-order valence-corrected chi connectivity index (χ1v) is 14.8. The van der Waals surface area contributed by atoms with Crippen molar-refractivity contribution in [3.8, 4) is 41.2 Å². The average Bonchev–Trinajstić information content (AvgIpc) is 3.49. The van der Waals surface area contributed by atoms with Crippen molar-refractivity contribution < 1.29 is 27.8 Å². The number of benzene rings is 2. The Hall–Kier alpha value is -4.56. The van der Waals surface area contributed by atoms with Crippen LogP contribution in [0.4, 0.5) is 19.0 Å². The summed E-state index contributed by atoms with van der Waals surface area (Å²) in [5, 5.41) is 11.5. The molecule has 2 aromatic carbocycles. The molecule has 0 radical (unpaired) electrons. The van der Waals surface area contributed by atoms with E-state index in [0.717, 1.165) is 32.2 Å². The standard InChI is InChI=1S/C33H28F3N5O3/c1-2-22-24(35)8-7-18-12-21(42)13-23(25(18)22)28-27(36)29-26-30(41-11-4-3-6-20(41)16-43-31(26)37-28)39-32(38-29)44-17-33-9-5-10-40(33)15-19(34)14-33/h1,4,7-8,11-13,19-20,42H,3,5-6,9-10,14-17H2/t19-,20+,33+/m1/s1. The molecule has 4 aliphatic rings. The van der Waals surface area contributed by atoms with Crippen LogP contribution in [0.2, 0.25) is 0 Å². The summed E-state index contributed by atoms with van der Waals surface area (Å²) in [6.45, 7) is 1.60. The number of terminal acetylenes is 1. The predicted octanol–water partition coefficient (Wildman–Crippen LogP) is 5.64. The molecule has 4 aromatic rings. The van der Waals surface area contributed by atoms with Gasteiger partial charge in [-0.05, 0) is 55.8 Å². The van der Waals surface area contributed by atoms with Gasteiger partial charge in [0.15, 0.2) is 11.6 Å². The Morgan fingerprint density at radius 1 is 1.18 bits per heavy atom. The summed E-state index contributed by atoms with van der Waals surface area (Å²) in [5.74, 6) is 1.20. The number of pyridine rings is 1. The Morgan fingerprint density at radius 2 is 2.07 bits per heavy atom.